The molecule has 0 unspecified atom stereocenters. The summed E-state index contributed by atoms with van der Waals surface area (Å²) >= 11 is 2.95. The van der Waals surface area contributed by atoms with E-state index in [4.69, 9.17) is 9.40 Å². The number of aromatic nitrogens is 5. The molecule has 0 spiro atoms. The molecule has 0 aliphatic carbocycles. The second-order valence-electron chi connectivity index (χ2n) is 7.06. The monoisotopic (exact) mass is 442 g/mol. The lowest BCUT2D eigenvalue weighted by atomic mass is 10.1. The summed E-state index contributed by atoms with van der Waals surface area (Å²) in [6.45, 7) is 9.89. The normalized spacial score (nSPS) is 11.5. The number of aryl methyl sites for hydroxylation is 2. The number of rotatable bonds is 6. The number of furan rings is 1. The van der Waals surface area contributed by atoms with Gasteiger partial charge in [-0.15, -0.1) is 10.2 Å². The van der Waals surface area contributed by atoms with Crippen LogP contribution in [0.4, 0.5) is 5.13 Å². The van der Waals surface area contributed by atoms with Crippen molar-refractivity contribution in [1.29, 1.82) is 0 Å². The fourth-order valence-electron chi connectivity index (χ4n) is 3.21. The number of carbonyl (C=O) groups excluding carboxylic acids is 1. The molecule has 0 bridgehead atoms. The van der Waals surface area contributed by atoms with Crippen LogP contribution < -0.4 is 5.32 Å². The Hall–Kier alpha value is -2.72. The van der Waals surface area contributed by atoms with E-state index in [2.05, 4.69) is 20.6 Å². The van der Waals surface area contributed by atoms with E-state index in [9.17, 15) is 4.79 Å². The van der Waals surface area contributed by atoms with Gasteiger partial charge in [0, 0.05) is 11.6 Å². The number of fused-ring (bicyclic) bond motifs is 1. The molecule has 8 nitrogen and oxygen atoms in total. The van der Waals surface area contributed by atoms with Gasteiger partial charge in [-0.2, -0.15) is 5.10 Å². The van der Waals surface area contributed by atoms with Crippen molar-refractivity contribution < 1.29 is 9.21 Å². The van der Waals surface area contributed by atoms with E-state index in [1.165, 1.54) is 11.3 Å². The zero-order chi connectivity index (χ0) is 21.4. The second kappa shape index (κ2) is 8.19. The molecule has 30 heavy (non-hydrogen) atoms. The molecular weight excluding hydrogens is 420 g/mol. The van der Waals surface area contributed by atoms with Gasteiger partial charge in [-0.1, -0.05) is 30.0 Å². The van der Waals surface area contributed by atoms with E-state index in [0.29, 0.717) is 27.4 Å². The molecule has 156 valence electrons. The predicted octanol–water partition coefficient (Wildman–Crippen LogP) is 5.10. The largest absolute Gasteiger partial charge is 0.466 e. The van der Waals surface area contributed by atoms with Crippen LogP contribution in [0.15, 0.2) is 27.1 Å². The SMILES string of the molecule is CCSc1nnc(NC(=O)c2cc(-c3cc(C)oc3C)nc3c2cnn3C(C)C)s1. The molecule has 0 aromatic carbocycles. The third-order valence-electron chi connectivity index (χ3n) is 4.51. The number of hydrogen-bond donors (Lipinski definition) is 1. The van der Waals surface area contributed by atoms with Gasteiger partial charge in [0.1, 0.15) is 11.5 Å². The number of nitrogens with zero attached hydrogens (tertiary/aromatic N) is 5. The van der Waals surface area contributed by atoms with Crippen molar-refractivity contribution in [2.24, 2.45) is 0 Å². The molecule has 0 aliphatic rings. The third kappa shape index (κ3) is 3.84. The van der Waals surface area contributed by atoms with Crippen molar-refractivity contribution in [2.45, 2.75) is 45.0 Å². The Kier molecular flexibility index (Phi) is 5.61. The van der Waals surface area contributed by atoms with Gasteiger partial charge in [0.05, 0.1) is 22.8 Å². The number of pyridine rings is 1. The van der Waals surface area contributed by atoms with E-state index in [-0.39, 0.29) is 11.9 Å². The molecule has 4 aromatic rings. The third-order valence-corrected chi connectivity index (χ3v) is 6.37. The van der Waals surface area contributed by atoms with Gasteiger partial charge < -0.3 is 4.42 Å². The quantitative estimate of drug-likeness (QED) is 0.327. The van der Waals surface area contributed by atoms with Gasteiger partial charge in [0.25, 0.3) is 5.91 Å². The van der Waals surface area contributed by atoms with Gasteiger partial charge in [-0.25, -0.2) is 9.67 Å². The minimum Gasteiger partial charge on any atom is -0.466 e. The van der Waals surface area contributed by atoms with Crippen LogP contribution >= 0.6 is 23.1 Å². The number of nitrogens with one attached hydrogen (secondary N) is 1. The fraction of sp³-hybridized carbons (Fsp3) is 0.350. The first-order valence-electron chi connectivity index (χ1n) is 9.60. The topological polar surface area (TPSA) is 98.7 Å². The number of amides is 1. The molecule has 0 saturated carbocycles. The highest BCUT2D eigenvalue weighted by Crippen LogP contribution is 2.31. The molecule has 1 N–H and O–H groups in total. The van der Waals surface area contributed by atoms with Crippen molar-refractivity contribution in [1.82, 2.24) is 25.0 Å². The first-order chi connectivity index (χ1) is 14.4. The van der Waals surface area contributed by atoms with E-state index in [0.717, 1.165) is 27.2 Å². The van der Waals surface area contributed by atoms with Crippen LogP contribution in [0.2, 0.25) is 0 Å². The average Bonchev–Trinajstić information content (AvgIpc) is 3.39. The highest BCUT2D eigenvalue weighted by atomic mass is 32.2. The summed E-state index contributed by atoms with van der Waals surface area (Å²) in [4.78, 5) is 18.0. The highest BCUT2D eigenvalue weighted by Gasteiger charge is 2.21. The van der Waals surface area contributed by atoms with Crippen molar-refractivity contribution >= 4 is 45.2 Å². The van der Waals surface area contributed by atoms with Gasteiger partial charge in [-0.3, -0.25) is 10.1 Å². The molecule has 0 fully saturated rings. The van der Waals surface area contributed by atoms with Crippen LogP contribution in [0, 0.1) is 13.8 Å². The fourth-order valence-corrected chi connectivity index (χ4v) is 4.86. The first kappa shape index (κ1) is 20.5. The molecule has 0 aliphatic heterocycles. The zero-order valence-corrected chi connectivity index (χ0v) is 19.0. The summed E-state index contributed by atoms with van der Waals surface area (Å²) in [7, 11) is 0. The second-order valence-corrected chi connectivity index (χ2v) is 9.55. The van der Waals surface area contributed by atoms with Gasteiger partial charge in [-0.05, 0) is 45.6 Å². The van der Waals surface area contributed by atoms with Gasteiger partial charge in [0.15, 0.2) is 9.99 Å². The molecule has 4 aromatic heterocycles. The van der Waals surface area contributed by atoms with E-state index >= 15 is 0 Å². The summed E-state index contributed by atoms with van der Waals surface area (Å²) in [5, 5.41) is 16.7. The van der Waals surface area contributed by atoms with E-state index in [1.807, 2.05) is 45.4 Å². The average molecular weight is 443 g/mol. The standard InChI is InChI=1S/C20H22N6O2S2/c1-6-29-20-25-24-19(30-20)23-18(27)14-8-16(13-7-11(4)28-12(13)5)22-17-15(14)9-21-26(17)10(2)3/h7-10H,6H2,1-5H3,(H,23,24,27). The molecule has 0 radical (unpaired) electrons. The zero-order valence-electron chi connectivity index (χ0n) is 17.4. The Bertz CT molecular complexity index is 1220. The van der Waals surface area contributed by atoms with Crippen molar-refractivity contribution in [3.63, 3.8) is 0 Å². The first-order valence-corrected chi connectivity index (χ1v) is 11.4. The Morgan fingerprint density at radius 2 is 2.10 bits per heavy atom. The van der Waals surface area contributed by atoms with Crippen LogP contribution in [-0.2, 0) is 0 Å². The number of hydrogen-bond acceptors (Lipinski definition) is 8. The molecule has 4 rings (SSSR count). The van der Waals surface area contributed by atoms with Crippen LogP contribution in [0.3, 0.4) is 0 Å². The predicted molar refractivity (Wildman–Crippen MR) is 119 cm³/mol. The van der Waals surface area contributed by atoms with Gasteiger partial charge in [0.2, 0.25) is 5.13 Å². The Morgan fingerprint density at radius 3 is 2.77 bits per heavy atom. The van der Waals surface area contributed by atoms with Crippen molar-refractivity contribution in [3.05, 3.63) is 35.4 Å². The highest BCUT2D eigenvalue weighted by molar-refractivity contribution is 8.01. The van der Waals surface area contributed by atoms with Crippen LogP contribution in [0.25, 0.3) is 22.3 Å². The summed E-state index contributed by atoms with van der Waals surface area (Å²) < 4.78 is 8.32. The minimum atomic E-state index is -0.269. The number of anilines is 1. The summed E-state index contributed by atoms with van der Waals surface area (Å²) in [5.74, 6) is 2.18. The Morgan fingerprint density at radius 1 is 1.30 bits per heavy atom. The molecule has 0 atom stereocenters. The maximum atomic E-state index is 13.2. The maximum absolute atomic E-state index is 13.2. The van der Waals surface area contributed by atoms with Crippen LogP contribution in [0.1, 0.15) is 48.7 Å². The van der Waals surface area contributed by atoms with E-state index < -0.39 is 0 Å². The molecule has 10 heteroatoms. The minimum absolute atomic E-state index is 0.102. The molecule has 4 heterocycles. The summed E-state index contributed by atoms with van der Waals surface area (Å²) in [5.41, 5.74) is 2.67. The smallest absolute Gasteiger partial charge is 0.258 e. The Labute approximate surface area is 182 Å². The number of thioether (sulfide) groups is 1. The summed E-state index contributed by atoms with van der Waals surface area (Å²) in [6, 6.07) is 3.81. The molecule has 0 saturated heterocycles. The van der Waals surface area contributed by atoms with Crippen LogP contribution in [0.5, 0.6) is 0 Å². The lowest BCUT2D eigenvalue weighted by molar-refractivity contribution is 0.102. The van der Waals surface area contributed by atoms with Crippen molar-refractivity contribution in [2.75, 3.05) is 11.1 Å². The van der Waals surface area contributed by atoms with Crippen molar-refractivity contribution in [3.8, 4) is 11.3 Å². The van der Waals surface area contributed by atoms with Gasteiger partial charge >= 0.3 is 0 Å². The molecular formula is C20H22N6O2S2. The lowest BCUT2D eigenvalue weighted by Gasteiger charge is -2.10. The number of carbonyl (C=O) groups is 1. The Balaban J connectivity index is 1.80. The summed E-state index contributed by atoms with van der Waals surface area (Å²) in [6.07, 6.45) is 1.69. The maximum Gasteiger partial charge on any atom is 0.258 e. The lowest BCUT2D eigenvalue weighted by Crippen LogP contribution is -2.13. The van der Waals surface area contributed by atoms with E-state index in [1.54, 1.807) is 24.0 Å². The molecule has 1 amide bonds. The van der Waals surface area contributed by atoms with Crippen LogP contribution in [-0.4, -0.2) is 36.6 Å².